The van der Waals surface area contributed by atoms with Gasteiger partial charge in [0.05, 0.1) is 23.3 Å². The van der Waals surface area contributed by atoms with Gasteiger partial charge in [-0.25, -0.2) is 0 Å². The second-order valence-corrected chi connectivity index (χ2v) is 13.1. The number of aromatic hydroxyl groups is 2. The third-order valence-electron chi connectivity index (χ3n) is 9.79. The predicted molar refractivity (Wildman–Crippen MR) is 173 cm³/mol. The Labute approximate surface area is 273 Å². The monoisotopic (exact) mass is 654 g/mol. The Morgan fingerprint density at radius 1 is 0.745 bits per heavy atom. The van der Waals surface area contributed by atoms with Gasteiger partial charge in [-0.15, -0.1) is 0 Å². The number of benzene rings is 2. The van der Waals surface area contributed by atoms with Crippen LogP contribution >= 0.6 is 0 Å². The fourth-order valence-corrected chi connectivity index (χ4v) is 7.00. The molecule has 0 spiro atoms. The molecule has 3 aromatic rings. The molecule has 3 fully saturated rings. The van der Waals surface area contributed by atoms with Crippen LogP contribution in [-0.4, -0.2) is 104 Å². The SMILES string of the molecule is O=c1c(-c2ccc(OC3OC(CO)C(O)C(O)C3O)cc2)coc2c(CN3CCCCCC3)c(O)c(CN3CCCCCC3)c(O)c12. The van der Waals surface area contributed by atoms with Gasteiger partial charge < -0.3 is 44.5 Å². The zero-order chi connectivity index (χ0) is 33.1. The molecule has 47 heavy (non-hydrogen) atoms. The highest BCUT2D eigenvalue weighted by Gasteiger charge is 2.44. The van der Waals surface area contributed by atoms with Gasteiger partial charge in [0.15, 0.2) is 0 Å². The highest BCUT2D eigenvalue weighted by molar-refractivity contribution is 5.92. The number of nitrogens with zero attached hydrogens (tertiary/aromatic N) is 2. The fraction of sp³-hybridized carbons (Fsp3) is 0.571. The summed E-state index contributed by atoms with van der Waals surface area (Å²) in [5.74, 6) is -0.0379. The van der Waals surface area contributed by atoms with Gasteiger partial charge in [0.1, 0.15) is 58.9 Å². The normalized spacial score (nSPS) is 26.6. The van der Waals surface area contributed by atoms with Crippen molar-refractivity contribution in [3.05, 3.63) is 51.9 Å². The van der Waals surface area contributed by atoms with E-state index in [1.807, 2.05) is 0 Å². The molecular weight excluding hydrogens is 608 g/mol. The van der Waals surface area contributed by atoms with E-state index in [1.54, 1.807) is 24.3 Å². The van der Waals surface area contributed by atoms with Crippen molar-refractivity contribution in [2.24, 2.45) is 0 Å². The van der Waals surface area contributed by atoms with Gasteiger partial charge in [-0.2, -0.15) is 0 Å². The van der Waals surface area contributed by atoms with Gasteiger partial charge in [0, 0.05) is 13.1 Å². The van der Waals surface area contributed by atoms with E-state index in [0.717, 1.165) is 77.5 Å². The minimum Gasteiger partial charge on any atom is -0.507 e. The second-order valence-electron chi connectivity index (χ2n) is 13.1. The Balaban J connectivity index is 1.34. The van der Waals surface area contributed by atoms with Crippen molar-refractivity contribution in [1.29, 1.82) is 0 Å². The number of rotatable bonds is 8. The summed E-state index contributed by atoms with van der Waals surface area (Å²) < 4.78 is 17.2. The van der Waals surface area contributed by atoms with Crippen molar-refractivity contribution in [2.75, 3.05) is 32.8 Å². The first kappa shape index (κ1) is 33.7. The van der Waals surface area contributed by atoms with Crippen molar-refractivity contribution in [3.8, 4) is 28.4 Å². The van der Waals surface area contributed by atoms with E-state index in [9.17, 15) is 35.4 Å². The van der Waals surface area contributed by atoms with Crippen LogP contribution in [0.25, 0.3) is 22.1 Å². The van der Waals surface area contributed by atoms with Gasteiger partial charge in [0.25, 0.3) is 0 Å². The highest BCUT2D eigenvalue weighted by Crippen LogP contribution is 2.41. The molecule has 3 aliphatic rings. The van der Waals surface area contributed by atoms with Crippen LogP contribution in [0.5, 0.6) is 17.2 Å². The summed E-state index contributed by atoms with van der Waals surface area (Å²) >= 11 is 0. The fourth-order valence-electron chi connectivity index (χ4n) is 7.00. The largest absolute Gasteiger partial charge is 0.507 e. The molecule has 0 amide bonds. The van der Waals surface area contributed by atoms with Crippen molar-refractivity contribution >= 4 is 11.0 Å². The summed E-state index contributed by atoms with van der Waals surface area (Å²) in [6, 6.07) is 6.33. The van der Waals surface area contributed by atoms with E-state index in [2.05, 4.69) is 9.80 Å². The molecular formula is C35H46N2O10. The number of hydrogen-bond acceptors (Lipinski definition) is 12. The maximum atomic E-state index is 14.2. The van der Waals surface area contributed by atoms with Crippen LogP contribution in [0.4, 0.5) is 0 Å². The number of hydrogen-bond donors (Lipinski definition) is 6. The van der Waals surface area contributed by atoms with Crippen LogP contribution in [0.2, 0.25) is 0 Å². The lowest BCUT2D eigenvalue weighted by Gasteiger charge is -2.39. The lowest BCUT2D eigenvalue weighted by atomic mass is 9.98. The summed E-state index contributed by atoms with van der Waals surface area (Å²) in [4.78, 5) is 18.7. The number of aliphatic hydroxyl groups is 4. The molecule has 6 N–H and O–H groups in total. The van der Waals surface area contributed by atoms with E-state index in [0.29, 0.717) is 29.8 Å². The molecule has 4 heterocycles. The Kier molecular flexibility index (Phi) is 10.7. The van der Waals surface area contributed by atoms with Crippen LogP contribution in [0.15, 0.2) is 39.7 Å². The first-order chi connectivity index (χ1) is 22.8. The molecule has 256 valence electrons. The van der Waals surface area contributed by atoms with E-state index in [1.165, 1.54) is 6.26 Å². The summed E-state index contributed by atoms with van der Waals surface area (Å²) in [6.07, 6.45) is 3.04. The molecule has 5 atom stereocenters. The topological polar surface area (TPSA) is 177 Å². The molecule has 0 radical (unpaired) electrons. The van der Waals surface area contributed by atoms with E-state index < -0.39 is 42.7 Å². The zero-order valence-electron chi connectivity index (χ0n) is 26.6. The van der Waals surface area contributed by atoms with Crippen LogP contribution < -0.4 is 10.2 Å². The van der Waals surface area contributed by atoms with Crippen molar-refractivity contribution in [2.45, 2.75) is 95.2 Å². The van der Waals surface area contributed by atoms with Gasteiger partial charge in [-0.3, -0.25) is 14.6 Å². The Morgan fingerprint density at radius 2 is 1.32 bits per heavy atom. The number of likely N-dealkylation sites (tertiary alicyclic amines) is 2. The lowest BCUT2D eigenvalue weighted by molar-refractivity contribution is -0.277. The van der Waals surface area contributed by atoms with Crippen LogP contribution in [-0.2, 0) is 17.8 Å². The summed E-state index contributed by atoms with van der Waals surface area (Å²) in [6.45, 7) is 3.61. The number of ether oxygens (including phenoxy) is 2. The Hall–Kier alpha value is -3.23. The third kappa shape index (κ3) is 7.14. The molecule has 3 aliphatic heterocycles. The molecule has 12 heteroatoms. The average molecular weight is 655 g/mol. The molecule has 1 aromatic heterocycles. The Bertz CT molecular complexity index is 1560. The molecule has 12 nitrogen and oxygen atoms in total. The summed E-state index contributed by atoms with van der Waals surface area (Å²) in [5.41, 5.74) is 1.30. The average Bonchev–Trinajstić information content (AvgIpc) is 3.51. The smallest absolute Gasteiger partial charge is 0.229 e. The van der Waals surface area contributed by atoms with Crippen LogP contribution in [0.3, 0.4) is 0 Å². The first-order valence-corrected chi connectivity index (χ1v) is 16.8. The quantitative estimate of drug-likeness (QED) is 0.210. The van der Waals surface area contributed by atoms with Crippen LogP contribution in [0, 0.1) is 0 Å². The van der Waals surface area contributed by atoms with Gasteiger partial charge >= 0.3 is 0 Å². The highest BCUT2D eigenvalue weighted by atomic mass is 16.7. The molecule has 0 saturated carbocycles. The maximum absolute atomic E-state index is 14.2. The van der Waals surface area contributed by atoms with Crippen LogP contribution in [0.1, 0.15) is 62.5 Å². The molecule has 6 rings (SSSR count). The summed E-state index contributed by atoms with van der Waals surface area (Å²) in [5, 5.41) is 63.2. The standard InChI is InChI=1S/C35H46N2O10/c38-19-26-31(42)32(43)33(44)35(47-26)46-22-11-9-21(10-12-22)25-20-45-34-24(18-37-15-7-3-4-8-16-37)28(39)23(29(40)27(34)30(25)41)17-36-13-5-1-2-6-14-36/h9-12,20,26,31-33,35,38-40,42-44H,1-8,13-19H2. The third-order valence-corrected chi connectivity index (χ3v) is 9.79. The predicted octanol–water partition coefficient (Wildman–Crippen LogP) is 2.80. The zero-order valence-corrected chi connectivity index (χ0v) is 26.6. The molecule has 0 aliphatic carbocycles. The van der Waals surface area contributed by atoms with E-state index in [-0.39, 0.29) is 33.8 Å². The number of aliphatic hydroxyl groups excluding tert-OH is 4. The van der Waals surface area contributed by atoms with Gasteiger partial charge in [-0.1, -0.05) is 37.8 Å². The van der Waals surface area contributed by atoms with Crippen molar-refractivity contribution in [1.82, 2.24) is 9.80 Å². The molecule has 5 unspecified atom stereocenters. The van der Waals surface area contributed by atoms with Crippen molar-refractivity contribution in [3.63, 3.8) is 0 Å². The number of phenolic OH excluding ortho intramolecular Hbond substituents is 2. The lowest BCUT2D eigenvalue weighted by Crippen LogP contribution is -2.60. The second kappa shape index (κ2) is 14.9. The summed E-state index contributed by atoms with van der Waals surface area (Å²) in [7, 11) is 0. The number of phenols is 2. The van der Waals surface area contributed by atoms with Crippen molar-refractivity contribution < 1.29 is 44.5 Å². The molecule has 0 bridgehead atoms. The number of fused-ring (bicyclic) bond motifs is 1. The molecule has 2 aromatic carbocycles. The first-order valence-electron chi connectivity index (χ1n) is 16.8. The minimum atomic E-state index is -1.58. The Morgan fingerprint density at radius 3 is 1.89 bits per heavy atom. The van der Waals surface area contributed by atoms with Gasteiger partial charge in [0.2, 0.25) is 11.7 Å². The molecule has 3 saturated heterocycles. The minimum absolute atomic E-state index is 0.0194. The van der Waals surface area contributed by atoms with E-state index >= 15 is 0 Å². The van der Waals surface area contributed by atoms with E-state index in [4.69, 9.17) is 13.9 Å². The maximum Gasteiger partial charge on any atom is 0.229 e. The van der Waals surface area contributed by atoms with Gasteiger partial charge in [-0.05, 0) is 69.6 Å².